The Balaban J connectivity index is 1.24. The van der Waals surface area contributed by atoms with Crippen LogP contribution >= 0.6 is 0 Å². The highest BCUT2D eigenvalue weighted by molar-refractivity contribution is 6.09. The lowest BCUT2D eigenvalue weighted by Crippen LogP contribution is -2.26. The third-order valence-corrected chi connectivity index (χ3v) is 15.1. The molecule has 0 fully saturated rings. The molecular weight excluding hydrogens is 913 g/mol. The van der Waals surface area contributed by atoms with E-state index in [4.69, 9.17) is 12.5 Å². The van der Waals surface area contributed by atoms with Crippen molar-refractivity contribution in [2.24, 2.45) is 0 Å². The largest absolute Gasteiger partial charge is 0.457 e. The molecule has 5 heteroatoms. The van der Waals surface area contributed by atoms with Crippen molar-refractivity contribution in [3.63, 3.8) is 0 Å². The van der Waals surface area contributed by atoms with E-state index in [2.05, 4.69) is 214 Å². The molecular formula is C70H68N4O. The molecule has 0 amide bonds. The van der Waals surface area contributed by atoms with E-state index < -0.39 is 17.5 Å². The Morgan fingerprint density at radius 2 is 1.04 bits per heavy atom. The first-order valence-corrected chi connectivity index (χ1v) is 26.2. The van der Waals surface area contributed by atoms with Crippen LogP contribution in [0.25, 0.3) is 72.3 Å². The van der Waals surface area contributed by atoms with Gasteiger partial charge in [0, 0.05) is 45.3 Å². The molecule has 0 radical (unpaired) electrons. The van der Waals surface area contributed by atoms with Gasteiger partial charge in [0.2, 0.25) is 0 Å². The highest BCUT2D eigenvalue weighted by Crippen LogP contribution is 2.54. The monoisotopic (exact) mass is 987 g/mol. The summed E-state index contributed by atoms with van der Waals surface area (Å²) < 4.78 is 64.9. The molecule has 10 bridgehead atoms. The van der Waals surface area contributed by atoms with E-state index in [0.29, 0.717) is 29.4 Å². The number of ether oxygens (including phenoxy) is 1. The fourth-order valence-electron chi connectivity index (χ4n) is 10.8. The number of nitrogens with zero attached hydrogens (tertiary/aromatic N) is 4. The maximum absolute atomic E-state index is 9.78. The van der Waals surface area contributed by atoms with Crippen LogP contribution in [-0.4, -0.2) is 16.2 Å². The van der Waals surface area contributed by atoms with Crippen LogP contribution in [-0.2, 0) is 21.7 Å². The van der Waals surface area contributed by atoms with E-state index in [1.54, 1.807) is 10.6 Å². The highest BCUT2D eigenvalue weighted by Gasteiger charge is 2.34. The Kier molecular flexibility index (Phi) is 9.59. The van der Waals surface area contributed by atoms with Crippen LogP contribution in [0.1, 0.15) is 114 Å². The van der Waals surface area contributed by atoms with Crippen molar-refractivity contribution in [3.05, 3.63) is 204 Å². The average molecular weight is 987 g/mol. The standard InChI is InChI=1S/C70H68N4O/c1-67(2,3)47-24-20-22-45(34-47)58-37-49(69(7,8)9)38-59-55-26-14-13-25-54(55)44-21-19-23-46(33-44)60-39-50(70(10,11)12)40-65(71-60)74-61-28-16-15-27-56(61)57-32-31-52(42-64(57)74)75-53-36-48(68(4,5)6)35-51(41-53)72-43-73(66(58)59)63-30-18-17-29-62(63)72/h13-42H,43H2,1-12H3/i15D,16D,27D,28D,31D,32D. The Morgan fingerprint density at radius 3 is 1.77 bits per heavy atom. The fourth-order valence-corrected chi connectivity index (χ4v) is 10.8. The predicted molar refractivity (Wildman–Crippen MR) is 317 cm³/mol. The third kappa shape index (κ3) is 8.57. The predicted octanol–water partition coefficient (Wildman–Crippen LogP) is 19.4. The lowest BCUT2D eigenvalue weighted by Gasteiger charge is -2.31. The van der Waals surface area contributed by atoms with Crippen LogP contribution in [0.4, 0.5) is 22.7 Å². The number of para-hydroxylation sites is 3. The second-order valence-corrected chi connectivity index (χ2v) is 24.6. The van der Waals surface area contributed by atoms with E-state index in [9.17, 15) is 5.48 Å². The van der Waals surface area contributed by atoms with Gasteiger partial charge in [-0.05, 0) is 139 Å². The van der Waals surface area contributed by atoms with E-state index in [1.807, 2.05) is 18.2 Å². The van der Waals surface area contributed by atoms with Gasteiger partial charge in [-0.2, -0.15) is 0 Å². The second kappa shape index (κ2) is 17.3. The van der Waals surface area contributed by atoms with Gasteiger partial charge in [0.25, 0.3) is 0 Å². The number of anilines is 4. The summed E-state index contributed by atoms with van der Waals surface area (Å²) in [6.45, 7) is 27.1. The number of aromatic nitrogens is 2. The third-order valence-electron chi connectivity index (χ3n) is 15.1. The number of rotatable bonds is 1. The SMILES string of the molecule is [2H]c1c2cc3c(c1[2H])c1c([2H])c([2H])c([2H])c([2H])c1n3-c1cc(C(C)(C)C)cc(n1)-c1cccc(c1)-c1ccccc1-c1cc(C(C)(C)C)cc(-c3cccc(C(C)(C)C)c3)c1N1CN(c3cc(cc(C(C)(C)C)c3)O2)c2ccccc21. The number of hydrogen-bond acceptors (Lipinski definition) is 4. The van der Waals surface area contributed by atoms with Crippen LogP contribution in [0.2, 0.25) is 0 Å². The molecule has 2 aromatic heterocycles. The summed E-state index contributed by atoms with van der Waals surface area (Å²) in [5.41, 5.74) is 15.8. The van der Waals surface area contributed by atoms with Crippen molar-refractivity contribution in [3.8, 4) is 62.0 Å². The average Bonchev–Trinajstić information content (AvgIpc) is 4.17. The molecule has 2 aliphatic rings. The van der Waals surface area contributed by atoms with E-state index in [0.717, 1.165) is 72.8 Å². The molecule has 5 nitrogen and oxygen atoms in total. The van der Waals surface area contributed by atoms with Gasteiger partial charge >= 0.3 is 0 Å². The van der Waals surface area contributed by atoms with Crippen molar-refractivity contribution >= 4 is 44.6 Å². The van der Waals surface area contributed by atoms with Crippen LogP contribution in [0.15, 0.2) is 182 Å². The van der Waals surface area contributed by atoms with Crippen molar-refractivity contribution in [1.82, 2.24) is 9.55 Å². The Morgan fingerprint density at radius 1 is 0.440 bits per heavy atom. The van der Waals surface area contributed by atoms with E-state index in [-0.39, 0.29) is 62.5 Å². The number of hydrogen-bond donors (Lipinski definition) is 0. The second-order valence-electron chi connectivity index (χ2n) is 24.6. The Bertz CT molecular complexity index is 4260. The molecule has 0 N–H and O–H groups in total. The number of benzene rings is 8. The topological polar surface area (TPSA) is 33.5 Å². The molecule has 374 valence electrons. The molecule has 12 rings (SSSR count). The molecule has 2 aliphatic heterocycles. The van der Waals surface area contributed by atoms with Crippen LogP contribution in [0.5, 0.6) is 11.5 Å². The van der Waals surface area contributed by atoms with E-state index >= 15 is 0 Å². The summed E-state index contributed by atoms with van der Waals surface area (Å²) in [5, 5.41) is 0.361. The molecule has 0 saturated heterocycles. The smallest absolute Gasteiger partial charge is 0.138 e. The van der Waals surface area contributed by atoms with E-state index in [1.165, 1.54) is 11.1 Å². The lowest BCUT2D eigenvalue weighted by molar-refractivity contribution is 0.479. The van der Waals surface area contributed by atoms with Crippen LogP contribution < -0.4 is 14.5 Å². The minimum Gasteiger partial charge on any atom is -0.457 e. The number of pyridine rings is 1. The highest BCUT2D eigenvalue weighted by atomic mass is 16.5. The molecule has 0 aliphatic carbocycles. The lowest BCUT2D eigenvalue weighted by atomic mass is 9.80. The minimum atomic E-state index is -0.419. The quantitative estimate of drug-likeness (QED) is 0.164. The van der Waals surface area contributed by atoms with Crippen molar-refractivity contribution < 1.29 is 13.0 Å². The van der Waals surface area contributed by atoms with Gasteiger partial charge in [-0.1, -0.05) is 180 Å². The van der Waals surface area contributed by atoms with Gasteiger partial charge < -0.3 is 14.5 Å². The van der Waals surface area contributed by atoms with Gasteiger partial charge in [-0.3, -0.25) is 4.57 Å². The summed E-state index contributed by atoms with van der Waals surface area (Å²) in [6.07, 6.45) is 0. The van der Waals surface area contributed by atoms with Crippen LogP contribution in [0.3, 0.4) is 0 Å². The fraction of sp³-hybridized carbons (Fsp3) is 0.243. The molecule has 0 atom stereocenters. The van der Waals surface area contributed by atoms with Gasteiger partial charge in [0.15, 0.2) is 0 Å². The van der Waals surface area contributed by atoms with Gasteiger partial charge in [-0.15, -0.1) is 0 Å². The summed E-state index contributed by atoms with van der Waals surface area (Å²) in [7, 11) is 0. The first-order valence-electron chi connectivity index (χ1n) is 29.2. The van der Waals surface area contributed by atoms with Crippen LogP contribution in [0, 0.1) is 0 Å². The van der Waals surface area contributed by atoms with Crippen molar-refractivity contribution in [1.29, 1.82) is 0 Å². The molecule has 10 aromatic rings. The minimum absolute atomic E-state index is 0.0986. The molecule has 8 aromatic carbocycles. The Labute approximate surface area is 452 Å². The number of fused-ring (bicyclic) bond motifs is 23. The maximum Gasteiger partial charge on any atom is 0.138 e. The zero-order valence-electron chi connectivity index (χ0n) is 51.3. The maximum atomic E-state index is 9.78. The zero-order chi connectivity index (χ0) is 57.6. The molecule has 4 heterocycles. The normalized spacial score (nSPS) is 14.7. The first-order chi connectivity index (χ1) is 38.2. The summed E-state index contributed by atoms with van der Waals surface area (Å²) in [6, 6.07) is 49.9. The van der Waals surface area contributed by atoms with Gasteiger partial charge in [0.05, 0.1) is 42.0 Å². The zero-order valence-corrected chi connectivity index (χ0v) is 45.3. The van der Waals surface area contributed by atoms with Crippen molar-refractivity contribution in [2.45, 2.75) is 105 Å². The molecule has 0 unspecified atom stereocenters. The summed E-state index contributed by atoms with van der Waals surface area (Å²) in [5.74, 6) is 0.973. The van der Waals surface area contributed by atoms with Gasteiger partial charge in [-0.25, -0.2) is 4.98 Å². The van der Waals surface area contributed by atoms with Gasteiger partial charge in [0.1, 0.15) is 24.0 Å². The Hall–Kier alpha value is -7.89. The molecule has 75 heavy (non-hydrogen) atoms. The van der Waals surface area contributed by atoms with Crippen molar-refractivity contribution in [2.75, 3.05) is 16.5 Å². The first kappa shape index (κ1) is 41.5. The molecule has 0 spiro atoms. The summed E-state index contributed by atoms with van der Waals surface area (Å²) >= 11 is 0. The summed E-state index contributed by atoms with van der Waals surface area (Å²) in [4.78, 5) is 10.3. The molecule has 0 saturated carbocycles.